The third-order valence-electron chi connectivity index (χ3n) is 3.07. The number of ketones is 1. The number of hydrogen-bond donors (Lipinski definition) is 5. The van der Waals surface area contributed by atoms with Gasteiger partial charge < -0.3 is 26.8 Å². The molecule has 156 valence electrons. The summed E-state index contributed by atoms with van der Waals surface area (Å²) in [5, 5.41) is 20.4. The molecule has 0 heterocycles. The Balaban J connectivity index is -0.000000332. The van der Waals surface area contributed by atoms with Crippen LogP contribution in [0.4, 0.5) is 0 Å². The van der Waals surface area contributed by atoms with E-state index >= 15 is 0 Å². The lowest BCUT2D eigenvalue weighted by molar-refractivity contribution is -0.120. The predicted molar refractivity (Wildman–Crippen MR) is 117 cm³/mol. The number of carbonyl (C=O) groups is 2. The van der Waals surface area contributed by atoms with Gasteiger partial charge in [-0.25, -0.2) is 0 Å². The number of nitrogens with one attached hydrogen (secondary N) is 1. The van der Waals surface area contributed by atoms with Crippen LogP contribution in [0.25, 0.3) is 0 Å². The Morgan fingerprint density at radius 2 is 1.67 bits per heavy atom. The highest BCUT2D eigenvalue weighted by Crippen LogP contribution is 2.02. The number of benzene rings is 1. The Morgan fingerprint density at radius 3 is 1.96 bits per heavy atom. The molecule has 0 unspecified atom stereocenters. The first-order chi connectivity index (χ1) is 12.7. The lowest BCUT2D eigenvalue weighted by Gasteiger charge is -2.12. The fourth-order valence-electron chi connectivity index (χ4n) is 1.69. The molecule has 1 atom stereocenters. The molecule has 0 aliphatic heterocycles. The smallest absolute Gasteiger partial charge is 0.423 e. The van der Waals surface area contributed by atoms with Gasteiger partial charge in [0.2, 0.25) is 5.91 Å². The number of likely N-dealkylation sites (N-methyl/N-ethyl adjacent to an activating group) is 1. The number of aryl methyl sites for hydroxylation is 1. The van der Waals surface area contributed by atoms with Gasteiger partial charge in [0.15, 0.2) is 0 Å². The van der Waals surface area contributed by atoms with Gasteiger partial charge in [0.25, 0.3) is 0 Å². The fourth-order valence-corrected chi connectivity index (χ4v) is 2.16. The first-order valence-corrected chi connectivity index (χ1v) is 10.0. The Bertz CT molecular complexity index is 484. The van der Waals surface area contributed by atoms with Gasteiger partial charge in [-0.1, -0.05) is 36.8 Å². The first-order valence-electron chi connectivity index (χ1n) is 8.64. The van der Waals surface area contributed by atoms with Gasteiger partial charge in [-0.3, -0.25) is 9.59 Å². The van der Waals surface area contributed by atoms with E-state index in [-0.39, 0.29) is 11.9 Å². The normalized spacial score (nSPS) is 9.96. The third-order valence-corrected chi connectivity index (χ3v) is 3.72. The number of thioether (sulfide) groups is 1. The number of rotatable bonds is 7. The summed E-state index contributed by atoms with van der Waals surface area (Å²) in [6.45, 7) is 5.17. The SMILES string of the molecule is CC(N)=O.CCC(=O)[C@H](CCSC)NC.CN.Cc1ccc(B(O)O)cc1. The van der Waals surface area contributed by atoms with Crippen molar-refractivity contribution in [2.45, 2.75) is 39.7 Å². The molecular weight excluding hydrogens is 365 g/mol. The summed E-state index contributed by atoms with van der Waals surface area (Å²) in [6.07, 6.45) is 3.65. The highest BCUT2D eigenvalue weighted by atomic mass is 32.2. The number of primary amides is 1. The van der Waals surface area contributed by atoms with Gasteiger partial charge in [0.05, 0.1) is 6.04 Å². The molecule has 1 rings (SSSR count). The highest BCUT2D eigenvalue weighted by Gasteiger charge is 2.12. The van der Waals surface area contributed by atoms with Crippen LogP contribution >= 0.6 is 11.8 Å². The van der Waals surface area contributed by atoms with E-state index in [1.165, 1.54) is 14.0 Å². The summed E-state index contributed by atoms with van der Waals surface area (Å²) in [5.74, 6) is 1.04. The summed E-state index contributed by atoms with van der Waals surface area (Å²) in [5.41, 5.74) is 10.6. The largest absolute Gasteiger partial charge is 0.488 e. The van der Waals surface area contributed by atoms with Crippen LogP contribution in [0.15, 0.2) is 24.3 Å². The van der Waals surface area contributed by atoms with Gasteiger partial charge in [-0.2, -0.15) is 11.8 Å². The Morgan fingerprint density at radius 1 is 1.22 bits per heavy atom. The maximum Gasteiger partial charge on any atom is 0.488 e. The molecule has 0 fully saturated rings. The molecule has 1 aromatic carbocycles. The van der Waals surface area contributed by atoms with Crippen molar-refractivity contribution in [3.63, 3.8) is 0 Å². The predicted octanol–water partition coefficient (Wildman–Crippen LogP) is 0.0479. The summed E-state index contributed by atoms with van der Waals surface area (Å²) >= 11 is 1.78. The summed E-state index contributed by atoms with van der Waals surface area (Å²) in [4.78, 5) is 20.4. The standard InChI is InChI=1S/C8H17NOS.C7H9BO2.C2H5NO.CH5N/c1-4-8(10)7(9-2)5-6-11-3;1-6-2-4-7(5-3-6)8(9)10;1-2(3)4;1-2/h7,9H,4-6H2,1-3H3;2-5,9-10H,1H3;1H3,(H2,3,4);2H2,1H3/t7-;;;/m0.../s1. The van der Waals surface area contributed by atoms with Crippen molar-refractivity contribution in [1.29, 1.82) is 0 Å². The van der Waals surface area contributed by atoms with Crippen molar-refractivity contribution in [3.8, 4) is 0 Å². The van der Waals surface area contributed by atoms with E-state index in [1.807, 2.05) is 33.0 Å². The van der Waals surface area contributed by atoms with E-state index in [0.29, 0.717) is 17.7 Å². The molecule has 7 N–H and O–H groups in total. The van der Waals surface area contributed by atoms with Crippen LogP contribution in [0.2, 0.25) is 0 Å². The van der Waals surface area contributed by atoms with Crippen LogP contribution in [-0.2, 0) is 9.59 Å². The molecule has 0 spiro atoms. The number of carbonyl (C=O) groups excluding carboxylic acids is 2. The highest BCUT2D eigenvalue weighted by molar-refractivity contribution is 7.98. The van der Waals surface area contributed by atoms with E-state index < -0.39 is 7.12 Å². The van der Waals surface area contributed by atoms with Crippen molar-refractivity contribution >= 4 is 36.0 Å². The van der Waals surface area contributed by atoms with Gasteiger partial charge in [-0.15, -0.1) is 0 Å². The topological polar surface area (TPSA) is 139 Å². The van der Waals surface area contributed by atoms with Crippen molar-refractivity contribution in [2.75, 3.05) is 26.1 Å². The van der Waals surface area contributed by atoms with Crippen LogP contribution in [0.3, 0.4) is 0 Å². The average Bonchev–Trinajstić information content (AvgIpc) is 2.64. The Hall–Kier alpha value is -1.39. The van der Waals surface area contributed by atoms with Crippen LogP contribution in [0, 0.1) is 6.92 Å². The van der Waals surface area contributed by atoms with Crippen LogP contribution < -0.4 is 22.2 Å². The summed E-state index contributed by atoms with van der Waals surface area (Å²) in [7, 11) is 2.00. The lowest BCUT2D eigenvalue weighted by atomic mass is 9.80. The van der Waals surface area contributed by atoms with Crippen molar-refractivity contribution in [2.24, 2.45) is 11.5 Å². The van der Waals surface area contributed by atoms with Crippen LogP contribution in [-0.4, -0.2) is 61.0 Å². The summed E-state index contributed by atoms with van der Waals surface area (Å²) < 4.78 is 0. The van der Waals surface area contributed by atoms with Crippen LogP contribution in [0.1, 0.15) is 32.3 Å². The maximum absolute atomic E-state index is 11.2. The molecule has 0 radical (unpaired) electrons. The van der Waals surface area contributed by atoms with E-state index in [1.54, 1.807) is 23.9 Å². The molecule has 27 heavy (non-hydrogen) atoms. The van der Waals surface area contributed by atoms with Gasteiger partial charge in [-0.05, 0) is 44.9 Å². The monoisotopic (exact) mass is 401 g/mol. The summed E-state index contributed by atoms with van der Waals surface area (Å²) in [6, 6.07) is 7.15. The second-order valence-corrected chi connectivity index (χ2v) is 6.32. The minimum Gasteiger partial charge on any atom is -0.423 e. The van der Waals surface area contributed by atoms with Crippen molar-refractivity contribution < 1.29 is 19.6 Å². The number of Topliss-reactive ketones (excluding diaryl/α,β-unsaturated/α-hetero) is 1. The van der Waals surface area contributed by atoms with Crippen molar-refractivity contribution in [1.82, 2.24) is 5.32 Å². The molecule has 0 aliphatic carbocycles. The Labute approximate surface area is 168 Å². The van der Waals surface area contributed by atoms with Gasteiger partial charge in [0, 0.05) is 13.3 Å². The zero-order chi connectivity index (χ0) is 21.8. The van der Waals surface area contributed by atoms with Gasteiger partial charge >= 0.3 is 7.12 Å². The molecule has 1 aromatic rings. The number of nitrogens with two attached hydrogens (primary N) is 2. The van der Waals surface area contributed by atoms with Gasteiger partial charge in [0.1, 0.15) is 5.78 Å². The third kappa shape index (κ3) is 20.8. The molecular formula is C18H36BN3O4S. The second-order valence-electron chi connectivity index (χ2n) is 5.34. The fraction of sp³-hybridized carbons (Fsp3) is 0.556. The second kappa shape index (κ2) is 20.9. The minimum atomic E-state index is -1.35. The molecule has 0 aromatic heterocycles. The molecule has 7 nitrogen and oxygen atoms in total. The zero-order valence-electron chi connectivity index (χ0n) is 17.4. The lowest BCUT2D eigenvalue weighted by Crippen LogP contribution is -2.34. The minimum absolute atomic E-state index is 0.0763. The number of hydrogen-bond acceptors (Lipinski definition) is 7. The van der Waals surface area contributed by atoms with E-state index in [0.717, 1.165) is 17.7 Å². The van der Waals surface area contributed by atoms with Crippen molar-refractivity contribution in [3.05, 3.63) is 29.8 Å². The quantitative estimate of drug-likeness (QED) is 0.407. The van der Waals surface area contributed by atoms with E-state index in [9.17, 15) is 9.59 Å². The first kappa shape index (κ1) is 30.3. The van der Waals surface area contributed by atoms with E-state index in [4.69, 9.17) is 10.0 Å². The van der Waals surface area contributed by atoms with Crippen LogP contribution in [0.5, 0.6) is 0 Å². The molecule has 0 aliphatic rings. The molecule has 1 amide bonds. The van der Waals surface area contributed by atoms with E-state index in [2.05, 4.69) is 23.0 Å². The molecule has 9 heteroatoms. The zero-order valence-corrected chi connectivity index (χ0v) is 18.2. The Kier molecular flexibility index (Phi) is 23.5. The average molecular weight is 401 g/mol. The number of amides is 1. The molecule has 0 bridgehead atoms. The molecule has 0 saturated heterocycles. The molecule has 0 saturated carbocycles. The maximum atomic E-state index is 11.2.